The molecule has 60 heavy (non-hydrogen) atoms. The highest BCUT2D eigenvalue weighted by atomic mass is 16.6. The van der Waals surface area contributed by atoms with E-state index in [0.29, 0.717) is 31.7 Å². The molecule has 1 fully saturated rings. The zero-order chi connectivity index (χ0) is 43.9. The van der Waals surface area contributed by atoms with Crippen molar-refractivity contribution in [1.29, 1.82) is 0 Å². The highest BCUT2D eigenvalue weighted by molar-refractivity contribution is 5.70. The predicted molar refractivity (Wildman–Crippen MR) is 243 cm³/mol. The first-order valence-corrected chi connectivity index (χ1v) is 25.3. The van der Waals surface area contributed by atoms with Gasteiger partial charge in [-0.25, -0.2) is 0 Å². The molecule has 0 aliphatic heterocycles. The Labute approximate surface area is 367 Å². The van der Waals surface area contributed by atoms with Crippen LogP contribution in [0.3, 0.4) is 0 Å². The van der Waals surface area contributed by atoms with Gasteiger partial charge in [0, 0.05) is 43.6 Å². The topological polar surface area (TPSA) is 129 Å². The van der Waals surface area contributed by atoms with Crippen molar-refractivity contribution >= 4 is 23.9 Å². The van der Waals surface area contributed by atoms with Crippen LogP contribution in [0.15, 0.2) is 0 Å². The van der Waals surface area contributed by atoms with Crippen LogP contribution in [0.25, 0.3) is 0 Å². The lowest BCUT2D eigenvalue weighted by molar-refractivity contribution is -0.151. The van der Waals surface area contributed by atoms with Gasteiger partial charge in [0.05, 0.1) is 32.5 Å². The van der Waals surface area contributed by atoms with Crippen molar-refractivity contribution in [3.05, 3.63) is 0 Å². The lowest BCUT2D eigenvalue weighted by Gasteiger charge is -2.41. The van der Waals surface area contributed by atoms with Crippen molar-refractivity contribution in [3.63, 3.8) is 0 Å². The minimum absolute atomic E-state index is 0.0284. The van der Waals surface area contributed by atoms with Gasteiger partial charge in [-0.15, -0.1) is 0 Å². The Morgan fingerprint density at radius 3 is 0.983 bits per heavy atom. The number of unbranched alkanes of at least 4 members (excludes halogenated alkanes) is 18. The fourth-order valence-corrected chi connectivity index (χ4v) is 7.88. The molecule has 1 aliphatic rings. The van der Waals surface area contributed by atoms with Gasteiger partial charge < -0.3 is 29.0 Å². The Balaban J connectivity index is 2.67. The molecule has 0 unspecified atom stereocenters. The molecule has 0 amide bonds. The van der Waals surface area contributed by atoms with Crippen LogP contribution in [0.4, 0.5) is 0 Å². The highest BCUT2D eigenvalue weighted by Crippen LogP contribution is 2.27. The second-order valence-corrected chi connectivity index (χ2v) is 17.9. The molecule has 1 saturated carbocycles. The van der Waals surface area contributed by atoms with E-state index in [9.17, 15) is 24.3 Å². The molecule has 1 rings (SSSR count). The smallest absolute Gasteiger partial charge is 0.305 e. The summed E-state index contributed by atoms with van der Waals surface area (Å²) in [7, 11) is 0. The summed E-state index contributed by atoms with van der Waals surface area (Å²) in [6, 6.07) is 0.361. The van der Waals surface area contributed by atoms with Gasteiger partial charge in [-0.2, -0.15) is 0 Å². The van der Waals surface area contributed by atoms with Crippen LogP contribution in [0.5, 0.6) is 0 Å². The molecule has 1 aliphatic carbocycles. The summed E-state index contributed by atoms with van der Waals surface area (Å²) in [5.41, 5.74) is 0. The molecular weight excluding hydrogens is 759 g/mol. The molecule has 0 bridgehead atoms. The largest absolute Gasteiger partial charge is 0.465 e. The van der Waals surface area contributed by atoms with Gasteiger partial charge in [0.15, 0.2) is 0 Å². The van der Waals surface area contributed by atoms with Gasteiger partial charge in [-0.3, -0.25) is 19.2 Å². The third kappa shape index (κ3) is 32.5. The van der Waals surface area contributed by atoms with Crippen LogP contribution >= 0.6 is 0 Å². The van der Waals surface area contributed by atoms with Crippen LogP contribution < -0.4 is 0 Å². The van der Waals surface area contributed by atoms with Crippen molar-refractivity contribution in [2.75, 3.05) is 39.5 Å². The lowest BCUT2D eigenvalue weighted by Crippen LogP contribution is -2.47. The molecule has 10 heteroatoms. The summed E-state index contributed by atoms with van der Waals surface area (Å²) in [6.45, 7) is 11.7. The Hall–Kier alpha value is -2.20. The zero-order valence-electron chi connectivity index (χ0n) is 39.3. The van der Waals surface area contributed by atoms with Crippen LogP contribution in [-0.2, 0) is 38.1 Å². The van der Waals surface area contributed by atoms with Gasteiger partial charge in [-0.05, 0) is 77.3 Å². The number of aliphatic hydroxyl groups excluding tert-OH is 1. The maximum absolute atomic E-state index is 12.5. The number of carbonyl (C=O) groups excluding carboxylic acids is 4. The number of esters is 4. The first-order valence-electron chi connectivity index (χ1n) is 25.3. The van der Waals surface area contributed by atoms with E-state index < -0.39 is 0 Å². The van der Waals surface area contributed by atoms with E-state index in [-0.39, 0.29) is 68.2 Å². The summed E-state index contributed by atoms with van der Waals surface area (Å²) in [6.07, 6.45) is 30.1. The van der Waals surface area contributed by atoms with Crippen LogP contribution in [0, 0.1) is 11.8 Å². The van der Waals surface area contributed by atoms with Gasteiger partial charge in [0.1, 0.15) is 0 Å². The van der Waals surface area contributed by atoms with Crippen LogP contribution in [0.1, 0.15) is 233 Å². The first-order chi connectivity index (χ1) is 29.2. The summed E-state index contributed by atoms with van der Waals surface area (Å²) in [4.78, 5) is 52.7. The minimum atomic E-state index is -0.239. The normalized spacial score (nSPS) is 15.1. The van der Waals surface area contributed by atoms with Crippen LogP contribution in [0.2, 0.25) is 0 Å². The Morgan fingerprint density at radius 1 is 0.433 bits per heavy atom. The van der Waals surface area contributed by atoms with Crippen molar-refractivity contribution in [3.8, 4) is 0 Å². The summed E-state index contributed by atoms with van der Waals surface area (Å²) < 4.78 is 22.8. The van der Waals surface area contributed by atoms with Gasteiger partial charge in [0.25, 0.3) is 0 Å². The van der Waals surface area contributed by atoms with Crippen molar-refractivity contribution in [2.24, 2.45) is 11.8 Å². The number of hydrogen-bond acceptors (Lipinski definition) is 10. The average Bonchev–Trinajstić information content (AvgIpc) is 3.22. The molecule has 0 aromatic carbocycles. The molecule has 0 saturated heterocycles. The second-order valence-electron chi connectivity index (χ2n) is 17.9. The number of rotatable bonds is 43. The van der Waals surface area contributed by atoms with E-state index in [2.05, 4.69) is 32.6 Å². The third-order valence-corrected chi connectivity index (χ3v) is 12.1. The molecule has 0 aromatic heterocycles. The Morgan fingerprint density at radius 2 is 0.717 bits per heavy atom. The van der Waals surface area contributed by atoms with Crippen molar-refractivity contribution < 1.29 is 43.2 Å². The maximum Gasteiger partial charge on any atom is 0.305 e. The van der Waals surface area contributed by atoms with Gasteiger partial charge in [0.2, 0.25) is 0 Å². The zero-order valence-corrected chi connectivity index (χ0v) is 39.3. The minimum Gasteiger partial charge on any atom is -0.465 e. The predicted octanol–water partition coefficient (Wildman–Crippen LogP) is 12.0. The van der Waals surface area contributed by atoms with Gasteiger partial charge in [-0.1, -0.05) is 143 Å². The van der Waals surface area contributed by atoms with E-state index >= 15 is 0 Å². The summed E-state index contributed by atoms with van der Waals surface area (Å²) >= 11 is 0. The molecule has 0 aromatic rings. The fourth-order valence-electron chi connectivity index (χ4n) is 7.88. The highest BCUT2D eigenvalue weighted by Gasteiger charge is 2.32. The van der Waals surface area contributed by atoms with Gasteiger partial charge >= 0.3 is 23.9 Å². The first kappa shape index (κ1) is 55.8. The quantitative estimate of drug-likeness (QED) is 0.0359. The fraction of sp³-hybridized carbons (Fsp3) is 0.920. The van der Waals surface area contributed by atoms with Crippen molar-refractivity contribution in [2.45, 2.75) is 245 Å². The number of hydrogen-bond donors (Lipinski definition) is 1. The molecule has 0 heterocycles. The summed E-state index contributed by atoms with van der Waals surface area (Å²) in [5, 5.41) is 10.1. The van der Waals surface area contributed by atoms with E-state index in [0.717, 1.165) is 142 Å². The second kappa shape index (κ2) is 39.6. The molecular formula is C50H93NO9. The standard InChI is InChI=1S/C50H93NO9/c1-5-9-13-17-21-31-47(53)57-39-43(40-58-48(54)32-22-18-14-10-6-2)29-25-27-35-51(45-37-46(52)38-45)36-28-26-30-44(41-59-49(55)33-23-19-15-11-7-3)42-60-50(56)34-24-20-16-12-8-4/h43-46,52H,5-42H2,1-4H3. The Bertz CT molecular complexity index is 917. The van der Waals surface area contributed by atoms with Crippen molar-refractivity contribution in [1.82, 2.24) is 4.90 Å². The molecule has 0 spiro atoms. The average molecular weight is 852 g/mol. The van der Waals surface area contributed by atoms with E-state index in [4.69, 9.17) is 18.9 Å². The number of aliphatic hydroxyl groups is 1. The molecule has 352 valence electrons. The molecule has 0 atom stereocenters. The van der Waals surface area contributed by atoms with E-state index in [1.807, 2.05) is 0 Å². The molecule has 0 radical (unpaired) electrons. The molecule has 10 nitrogen and oxygen atoms in total. The Kier molecular flexibility index (Phi) is 36.9. The monoisotopic (exact) mass is 852 g/mol. The molecule has 1 N–H and O–H groups in total. The number of nitrogens with zero attached hydrogens (tertiary/aromatic N) is 1. The maximum atomic E-state index is 12.5. The SMILES string of the molecule is CCCCCCCC(=O)OCC(CCCCN(CCCCC(COC(=O)CCCCCCC)COC(=O)CCCCCCC)C1CC(O)C1)COC(=O)CCCCCCC. The van der Waals surface area contributed by atoms with Crippen LogP contribution in [-0.4, -0.2) is 85.5 Å². The number of ether oxygens (including phenoxy) is 4. The summed E-state index contributed by atoms with van der Waals surface area (Å²) in [5.74, 6) is -0.714. The lowest BCUT2D eigenvalue weighted by atomic mass is 9.87. The van der Waals surface area contributed by atoms with E-state index in [1.54, 1.807) is 0 Å². The third-order valence-electron chi connectivity index (χ3n) is 12.1. The number of carbonyl (C=O) groups is 4. The van der Waals surface area contributed by atoms with E-state index in [1.165, 1.54) is 51.4 Å².